The molecule has 0 radical (unpaired) electrons. The summed E-state index contributed by atoms with van der Waals surface area (Å²) in [5.74, 6) is 4.63. The summed E-state index contributed by atoms with van der Waals surface area (Å²) in [7, 11) is 0. The minimum absolute atomic E-state index is 0.0120. The SMILES string of the molecule is O=C(Cc1ccccc1)OCC#CCOC(=O)Cc1ccccc1. The first kappa shape index (κ1) is 17.3. The first-order valence-corrected chi connectivity index (χ1v) is 7.59. The molecule has 0 amide bonds. The molecule has 0 aliphatic carbocycles. The Hall–Kier alpha value is -3.06. The highest BCUT2D eigenvalue weighted by atomic mass is 16.5. The summed E-state index contributed by atoms with van der Waals surface area (Å²) in [6, 6.07) is 18.7. The summed E-state index contributed by atoms with van der Waals surface area (Å²) >= 11 is 0. The Kier molecular flexibility index (Phi) is 7.10. The van der Waals surface area contributed by atoms with Crippen molar-refractivity contribution in [3.05, 3.63) is 71.8 Å². The number of hydrogen-bond acceptors (Lipinski definition) is 4. The zero-order chi connectivity index (χ0) is 17.0. The van der Waals surface area contributed by atoms with Crippen LogP contribution in [0.2, 0.25) is 0 Å². The summed E-state index contributed by atoms with van der Waals surface area (Å²) in [5.41, 5.74) is 1.79. The van der Waals surface area contributed by atoms with Crippen LogP contribution >= 0.6 is 0 Å². The number of benzene rings is 2. The Bertz CT molecular complexity index is 650. The molecule has 0 unspecified atom stereocenters. The highest BCUT2D eigenvalue weighted by molar-refractivity contribution is 5.73. The molecule has 2 aromatic rings. The lowest BCUT2D eigenvalue weighted by Gasteiger charge is -2.01. The molecule has 0 fully saturated rings. The van der Waals surface area contributed by atoms with Gasteiger partial charge >= 0.3 is 11.9 Å². The van der Waals surface area contributed by atoms with E-state index in [0.29, 0.717) is 0 Å². The zero-order valence-electron chi connectivity index (χ0n) is 13.2. The van der Waals surface area contributed by atoms with Crippen LogP contribution in [-0.2, 0) is 31.9 Å². The lowest BCUT2D eigenvalue weighted by Crippen LogP contribution is -2.09. The summed E-state index contributed by atoms with van der Waals surface area (Å²) < 4.78 is 9.99. The maximum absolute atomic E-state index is 11.6. The number of esters is 2. The van der Waals surface area contributed by atoms with E-state index >= 15 is 0 Å². The van der Waals surface area contributed by atoms with Crippen LogP contribution in [0.4, 0.5) is 0 Å². The van der Waals surface area contributed by atoms with E-state index in [0.717, 1.165) is 11.1 Å². The van der Waals surface area contributed by atoms with Gasteiger partial charge in [0.15, 0.2) is 13.2 Å². The smallest absolute Gasteiger partial charge is 0.311 e. The molecule has 2 aromatic carbocycles. The van der Waals surface area contributed by atoms with E-state index in [1.807, 2.05) is 60.7 Å². The van der Waals surface area contributed by atoms with E-state index in [1.54, 1.807) is 0 Å². The highest BCUT2D eigenvalue weighted by Crippen LogP contribution is 2.01. The molecular weight excluding hydrogens is 304 g/mol. The van der Waals surface area contributed by atoms with E-state index < -0.39 is 0 Å². The number of carbonyl (C=O) groups excluding carboxylic acids is 2. The fourth-order valence-corrected chi connectivity index (χ4v) is 1.96. The number of hydrogen-bond donors (Lipinski definition) is 0. The van der Waals surface area contributed by atoms with Gasteiger partial charge in [-0.05, 0) is 11.1 Å². The Balaban J connectivity index is 1.60. The molecule has 0 aromatic heterocycles. The Morgan fingerprint density at radius 1 is 0.667 bits per heavy atom. The average molecular weight is 322 g/mol. The molecule has 0 N–H and O–H groups in total. The van der Waals surface area contributed by atoms with E-state index in [-0.39, 0.29) is 38.0 Å². The lowest BCUT2D eigenvalue weighted by atomic mass is 10.2. The standard InChI is InChI=1S/C20H18O4/c21-19(15-17-9-3-1-4-10-17)23-13-7-8-14-24-20(22)16-18-11-5-2-6-12-18/h1-6,9-12H,13-16H2. The zero-order valence-corrected chi connectivity index (χ0v) is 13.2. The van der Waals surface area contributed by atoms with E-state index in [2.05, 4.69) is 11.8 Å². The van der Waals surface area contributed by atoms with E-state index in [1.165, 1.54) is 0 Å². The molecule has 0 saturated carbocycles. The second kappa shape index (κ2) is 9.86. The topological polar surface area (TPSA) is 52.6 Å². The maximum atomic E-state index is 11.6. The van der Waals surface area contributed by atoms with Crippen molar-refractivity contribution in [2.24, 2.45) is 0 Å². The second-order valence-corrected chi connectivity index (χ2v) is 5.00. The number of rotatable bonds is 6. The summed E-state index contributed by atoms with van der Waals surface area (Å²) in [6.07, 6.45) is 0.434. The van der Waals surface area contributed by atoms with Gasteiger partial charge in [0.1, 0.15) is 0 Å². The van der Waals surface area contributed by atoms with Crippen molar-refractivity contribution < 1.29 is 19.1 Å². The Morgan fingerprint density at radius 2 is 1.04 bits per heavy atom. The largest absolute Gasteiger partial charge is 0.452 e. The molecule has 122 valence electrons. The normalized spacial score (nSPS) is 9.50. The van der Waals surface area contributed by atoms with Gasteiger partial charge in [-0.1, -0.05) is 72.5 Å². The third-order valence-electron chi connectivity index (χ3n) is 3.12. The van der Waals surface area contributed by atoms with Gasteiger partial charge < -0.3 is 9.47 Å². The van der Waals surface area contributed by atoms with Gasteiger partial charge in [0, 0.05) is 0 Å². The van der Waals surface area contributed by atoms with E-state index in [4.69, 9.17) is 9.47 Å². The predicted octanol–water partition coefficient (Wildman–Crippen LogP) is 2.56. The predicted molar refractivity (Wildman–Crippen MR) is 90.0 cm³/mol. The lowest BCUT2D eigenvalue weighted by molar-refractivity contribution is -0.142. The highest BCUT2D eigenvalue weighted by Gasteiger charge is 2.04. The fraction of sp³-hybridized carbons (Fsp3) is 0.200. The molecule has 0 aliphatic heterocycles. The first-order valence-electron chi connectivity index (χ1n) is 7.59. The molecule has 0 heterocycles. The van der Waals surface area contributed by atoms with Crippen LogP contribution < -0.4 is 0 Å². The van der Waals surface area contributed by atoms with Crippen LogP contribution in [0, 0.1) is 11.8 Å². The molecular formula is C20H18O4. The minimum atomic E-state index is -0.337. The van der Waals surface area contributed by atoms with Crippen molar-refractivity contribution in [2.75, 3.05) is 13.2 Å². The van der Waals surface area contributed by atoms with Crippen LogP contribution in [0.15, 0.2) is 60.7 Å². The van der Waals surface area contributed by atoms with E-state index in [9.17, 15) is 9.59 Å². The second-order valence-electron chi connectivity index (χ2n) is 5.00. The molecule has 2 rings (SSSR count). The van der Waals surface area contributed by atoms with Crippen LogP contribution in [0.3, 0.4) is 0 Å². The molecule has 0 atom stereocenters. The quantitative estimate of drug-likeness (QED) is 0.606. The van der Waals surface area contributed by atoms with Gasteiger partial charge in [-0.3, -0.25) is 9.59 Å². The van der Waals surface area contributed by atoms with Crippen molar-refractivity contribution >= 4 is 11.9 Å². The molecule has 4 nitrogen and oxygen atoms in total. The van der Waals surface area contributed by atoms with Crippen LogP contribution in [0.5, 0.6) is 0 Å². The van der Waals surface area contributed by atoms with Crippen LogP contribution in [0.25, 0.3) is 0 Å². The molecule has 0 bridgehead atoms. The third-order valence-corrected chi connectivity index (χ3v) is 3.12. The van der Waals surface area contributed by atoms with Crippen molar-refractivity contribution in [1.29, 1.82) is 0 Å². The summed E-state index contributed by atoms with van der Waals surface area (Å²) in [6.45, 7) is -0.0240. The molecule has 0 aliphatic rings. The molecule has 0 saturated heterocycles. The van der Waals surface area contributed by atoms with Crippen molar-refractivity contribution in [3.8, 4) is 11.8 Å². The minimum Gasteiger partial charge on any atom is -0.452 e. The van der Waals surface area contributed by atoms with Crippen molar-refractivity contribution in [2.45, 2.75) is 12.8 Å². The van der Waals surface area contributed by atoms with Crippen molar-refractivity contribution in [1.82, 2.24) is 0 Å². The monoisotopic (exact) mass is 322 g/mol. The first-order chi connectivity index (χ1) is 11.7. The van der Waals surface area contributed by atoms with Crippen LogP contribution in [-0.4, -0.2) is 25.2 Å². The third kappa shape index (κ3) is 6.80. The van der Waals surface area contributed by atoms with Crippen LogP contribution in [0.1, 0.15) is 11.1 Å². The van der Waals surface area contributed by atoms with Gasteiger partial charge in [0.2, 0.25) is 0 Å². The molecule has 0 spiro atoms. The summed E-state index contributed by atoms with van der Waals surface area (Å²) in [4.78, 5) is 23.2. The van der Waals surface area contributed by atoms with Gasteiger partial charge in [-0.2, -0.15) is 0 Å². The molecule has 24 heavy (non-hydrogen) atoms. The molecule has 4 heteroatoms. The maximum Gasteiger partial charge on any atom is 0.311 e. The number of carbonyl (C=O) groups is 2. The van der Waals surface area contributed by atoms with Gasteiger partial charge in [0.25, 0.3) is 0 Å². The number of ether oxygens (including phenoxy) is 2. The van der Waals surface area contributed by atoms with Crippen molar-refractivity contribution in [3.63, 3.8) is 0 Å². The van der Waals surface area contributed by atoms with Gasteiger partial charge in [-0.15, -0.1) is 0 Å². The Labute approximate surface area is 141 Å². The van der Waals surface area contributed by atoms with Gasteiger partial charge in [0.05, 0.1) is 12.8 Å². The summed E-state index contributed by atoms with van der Waals surface area (Å²) in [5, 5.41) is 0. The average Bonchev–Trinajstić information content (AvgIpc) is 2.60. The fourth-order valence-electron chi connectivity index (χ4n) is 1.96. The Morgan fingerprint density at radius 3 is 1.42 bits per heavy atom. The van der Waals surface area contributed by atoms with Gasteiger partial charge in [-0.25, -0.2) is 0 Å².